The number of fused-ring (bicyclic) bond motifs is 1. The highest BCUT2D eigenvalue weighted by Crippen LogP contribution is 2.43. The van der Waals surface area contributed by atoms with Crippen LogP contribution in [0.1, 0.15) is 28.2 Å². The van der Waals surface area contributed by atoms with Crippen LogP contribution < -0.4 is 5.73 Å². The molecule has 136 valence electrons. The van der Waals surface area contributed by atoms with Gasteiger partial charge in [-0.2, -0.15) is 13.2 Å². The van der Waals surface area contributed by atoms with Crippen LogP contribution in [-0.4, -0.2) is 5.78 Å². The van der Waals surface area contributed by atoms with Crippen LogP contribution in [0.4, 0.5) is 13.2 Å². The first-order chi connectivity index (χ1) is 12.8. The van der Waals surface area contributed by atoms with Crippen LogP contribution in [0.25, 0.3) is 11.6 Å². The molecule has 1 unspecified atom stereocenters. The third-order valence-corrected chi connectivity index (χ3v) is 5.53. The van der Waals surface area contributed by atoms with Gasteiger partial charge in [-0.25, -0.2) is 0 Å². The number of halogens is 3. The molecule has 4 rings (SSSR count). The Hall–Kier alpha value is -2.73. The Morgan fingerprint density at radius 2 is 1.85 bits per heavy atom. The van der Waals surface area contributed by atoms with Gasteiger partial charge in [-0.3, -0.25) is 4.79 Å². The molecule has 2 nitrogen and oxygen atoms in total. The minimum absolute atomic E-state index is 0.0543. The molecule has 0 amide bonds. The fourth-order valence-corrected chi connectivity index (χ4v) is 4.23. The molecule has 1 heterocycles. The van der Waals surface area contributed by atoms with Gasteiger partial charge in [0.05, 0.1) is 21.1 Å². The minimum atomic E-state index is -4.48. The van der Waals surface area contributed by atoms with Gasteiger partial charge in [0.1, 0.15) is 0 Å². The first-order valence-corrected chi connectivity index (χ1v) is 9.05. The van der Waals surface area contributed by atoms with Gasteiger partial charge in [-0.05, 0) is 28.8 Å². The second kappa shape index (κ2) is 6.46. The van der Waals surface area contributed by atoms with Crippen LogP contribution in [0.15, 0.2) is 70.6 Å². The van der Waals surface area contributed by atoms with Crippen molar-refractivity contribution < 1.29 is 18.0 Å². The molecule has 27 heavy (non-hydrogen) atoms. The number of benzene rings is 2. The summed E-state index contributed by atoms with van der Waals surface area (Å²) >= 11 is 1.11. The van der Waals surface area contributed by atoms with Gasteiger partial charge in [0.2, 0.25) is 5.78 Å². The summed E-state index contributed by atoms with van der Waals surface area (Å²) in [5, 5.41) is 0.223. The highest BCUT2D eigenvalue weighted by Gasteiger charge is 2.34. The predicted octanol–water partition coefficient (Wildman–Crippen LogP) is 5.34. The molecule has 0 saturated heterocycles. The molecule has 0 saturated carbocycles. The summed E-state index contributed by atoms with van der Waals surface area (Å²) in [6.45, 7) is 0. The SMILES string of the molecule is NC1=C(c2cccc(C(F)(F)F)c2)C(=O)C(=CC2C=Cc3ccccc32)S1. The zero-order chi connectivity index (χ0) is 19.2. The number of rotatable bonds is 2. The standard InChI is InChI=1S/C21H14F3NOS/c22-21(23,24)15-6-3-5-14(10-15)18-19(26)17(27-20(18)25)11-13-9-8-12-4-1-2-7-16(12)13/h1-11,13H,25H2. The smallest absolute Gasteiger partial charge is 0.393 e. The van der Waals surface area contributed by atoms with Crippen molar-refractivity contribution in [2.24, 2.45) is 5.73 Å². The van der Waals surface area contributed by atoms with E-state index < -0.39 is 11.7 Å². The second-order valence-corrected chi connectivity index (χ2v) is 7.38. The van der Waals surface area contributed by atoms with E-state index in [1.807, 2.05) is 42.5 Å². The van der Waals surface area contributed by atoms with Crippen LogP contribution in [-0.2, 0) is 11.0 Å². The molecule has 1 aliphatic heterocycles. The van der Waals surface area contributed by atoms with Crippen LogP contribution in [0.5, 0.6) is 0 Å². The normalized spacial score (nSPS) is 20.6. The monoisotopic (exact) mass is 385 g/mol. The van der Waals surface area contributed by atoms with Crippen LogP contribution >= 0.6 is 11.8 Å². The lowest BCUT2D eigenvalue weighted by atomic mass is 9.97. The molecular formula is C21H14F3NOS. The predicted molar refractivity (Wildman–Crippen MR) is 101 cm³/mol. The van der Waals surface area contributed by atoms with Crippen molar-refractivity contribution in [3.8, 4) is 0 Å². The number of thioether (sulfide) groups is 1. The van der Waals surface area contributed by atoms with Crippen molar-refractivity contribution in [2.45, 2.75) is 12.1 Å². The Labute approximate surface area is 158 Å². The lowest BCUT2D eigenvalue weighted by Gasteiger charge is -2.09. The average molecular weight is 385 g/mol. The largest absolute Gasteiger partial charge is 0.416 e. The Morgan fingerprint density at radius 3 is 2.63 bits per heavy atom. The van der Waals surface area contributed by atoms with E-state index in [1.165, 1.54) is 12.1 Å². The molecule has 0 aromatic heterocycles. The summed E-state index contributed by atoms with van der Waals surface area (Å²) < 4.78 is 38.9. The molecular weight excluding hydrogens is 371 g/mol. The molecule has 0 bridgehead atoms. The van der Waals surface area contributed by atoms with Gasteiger partial charge in [0, 0.05) is 5.92 Å². The molecule has 2 N–H and O–H groups in total. The van der Waals surface area contributed by atoms with Crippen molar-refractivity contribution in [2.75, 3.05) is 0 Å². The summed E-state index contributed by atoms with van der Waals surface area (Å²) in [5.74, 6) is -0.393. The first-order valence-electron chi connectivity index (χ1n) is 8.23. The van der Waals surface area contributed by atoms with E-state index in [0.29, 0.717) is 4.91 Å². The number of hydrogen-bond acceptors (Lipinski definition) is 3. The Morgan fingerprint density at radius 1 is 1.07 bits per heavy atom. The number of allylic oxidation sites excluding steroid dienone is 4. The molecule has 0 radical (unpaired) electrons. The fourth-order valence-electron chi connectivity index (χ4n) is 3.27. The van der Waals surface area contributed by atoms with E-state index in [-0.39, 0.29) is 27.9 Å². The fraction of sp³-hybridized carbons (Fsp3) is 0.0952. The quantitative estimate of drug-likeness (QED) is 0.710. The van der Waals surface area contributed by atoms with Crippen LogP contribution in [0.2, 0.25) is 0 Å². The minimum Gasteiger partial charge on any atom is -0.393 e. The number of nitrogens with two attached hydrogens (primary N) is 1. The summed E-state index contributed by atoms with van der Waals surface area (Å²) in [6.07, 6.45) is 1.33. The zero-order valence-electron chi connectivity index (χ0n) is 14.0. The average Bonchev–Trinajstić information content (AvgIpc) is 3.16. The topological polar surface area (TPSA) is 43.1 Å². The third kappa shape index (κ3) is 3.21. The van der Waals surface area contributed by atoms with E-state index in [9.17, 15) is 18.0 Å². The highest BCUT2D eigenvalue weighted by atomic mass is 32.2. The molecule has 2 aliphatic rings. The number of Topliss-reactive ketones (excluding diaryl/α,β-unsaturated/α-hetero) is 1. The highest BCUT2D eigenvalue weighted by molar-refractivity contribution is 8.08. The maximum atomic E-state index is 13.0. The van der Waals surface area contributed by atoms with Gasteiger partial charge in [0.25, 0.3) is 0 Å². The Kier molecular flexibility index (Phi) is 4.23. The molecule has 2 aromatic rings. The Balaban J connectivity index is 1.66. The second-order valence-electron chi connectivity index (χ2n) is 6.29. The summed E-state index contributed by atoms with van der Waals surface area (Å²) in [7, 11) is 0. The number of ketones is 1. The van der Waals surface area contributed by atoms with Gasteiger partial charge in [0.15, 0.2) is 0 Å². The number of carbonyl (C=O) groups is 1. The molecule has 1 atom stereocenters. The molecule has 0 fully saturated rings. The zero-order valence-corrected chi connectivity index (χ0v) is 14.8. The summed E-state index contributed by atoms with van der Waals surface area (Å²) in [5.41, 5.74) is 7.70. The van der Waals surface area contributed by atoms with Crippen molar-refractivity contribution in [1.82, 2.24) is 0 Å². The van der Waals surface area contributed by atoms with Crippen molar-refractivity contribution in [3.63, 3.8) is 0 Å². The van der Waals surface area contributed by atoms with Gasteiger partial charge in [-0.15, -0.1) is 0 Å². The van der Waals surface area contributed by atoms with E-state index in [0.717, 1.165) is 35.0 Å². The third-order valence-electron chi connectivity index (χ3n) is 4.56. The first kappa shape index (κ1) is 17.7. The van der Waals surface area contributed by atoms with Crippen molar-refractivity contribution in [3.05, 3.63) is 92.9 Å². The van der Waals surface area contributed by atoms with E-state index in [4.69, 9.17) is 5.73 Å². The van der Waals surface area contributed by atoms with Gasteiger partial charge in [-0.1, -0.05) is 66.4 Å². The maximum Gasteiger partial charge on any atom is 0.416 e. The summed E-state index contributed by atoms with van der Waals surface area (Å²) in [6, 6.07) is 12.6. The lowest BCUT2D eigenvalue weighted by Crippen LogP contribution is -2.07. The molecule has 6 heteroatoms. The van der Waals surface area contributed by atoms with E-state index >= 15 is 0 Å². The number of hydrogen-bond donors (Lipinski definition) is 1. The molecule has 1 aliphatic carbocycles. The lowest BCUT2D eigenvalue weighted by molar-refractivity contribution is -0.137. The maximum absolute atomic E-state index is 13.0. The summed E-state index contributed by atoms with van der Waals surface area (Å²) in [4.78, 5) is 13.3. The van der Waals surface area contributed by atoms with E-state index in [2.05, 4.69) is 0 Å². The number of alkyl halides is 3. The van der Waals surface area contributed by atoms with Crippen LogP contribution in [0, 0.1) is 0 Å². The van der Waals surface area contributed by atoms with Gasteiger partial charge >= 0.3 is 6.18 Å². The number of carbonyl (C=O) groups excluding carboxylic acids is 1. The van der Waals surface area contributed by atoms with Crippen LogP contribution in [0.3, 0.4) is 0 Å². The molecule has 0 spiro atoms. The van der Waals surface area contributed by atoms with Crippen molar-refractivity contribution >= 4 is 29.2 Å². The van der Waals surface area contributed by atoms with Crippen molar-refractivity contribution in [1.29, 1.82) is 0 Å². The Bertz CT molecular complexity index is 1030. The molecule has 2 aromatic carbocycles. The van der Waals surface area contributed by atoms with Gasteiger partial charge < -0.3 is 5.73 Å². The van der Waals surface area contributed by atoms with E-state index in [1.54, 1.807) is 0 Å².